The Labute approximate surface area is 174 Å². The largest absolute Gasteiger partial charge is 0.368 e. The summed E-state index contributed by atoms with van der Waals surface area (Å²) in [6, 6.07) is 1.49. The number of urea groups is 1. The van der Waals surface area contributed by atoms with E-state index >= 15 is 0 Å². The van der Waals surface area contributed by atoms with Crippen molar-refractivity contribution >= 4 is 28.4 Å². The van der Waals surface area contributed by atoms with E-state index < -0.39 is 11.4 Å². The van der Waals surface area contributed by atoms with Gasteiger partial charge >= 0.3 is 6.03 Å². The van der Waals surface area contributed by atoms with Crippen molar-refractivity contribution in [3.63, 3.8) is 0 Å². The molecule has 3 amide bonds. The Hall–Kier alpha value is -2.55. The maximum Gasteiger partial charge on any atom is 0.324 e. The van der Waals surface area contributed by atoms with Crippen molar-refractivity contribution in [2.24, 2.45) is 5.73 Å². The normalized spacial score (nSPS) is 19.4. The molecule has 3 rings (SSSR count). The number of aromatic nitrogens is 3. The van der Waals surface area contributed by atoms with Crippen LogP contribution in [0.4, 0.5) is 9.93 Å². The summed E-state index contributed by atoms with van der Waals surface area (Å²) >= 11 is 1.36. The highest BCUT2D eigenvalue weighted by Gasteiger charge is 2.44. The maximum absolute atomic E-state index is 12.8. The van der Waals surface area contributed by atoms with Gasteiger partial charge in [-0.05, 0) is 39.2 Å². The Bertz CT molecular complexity index is 941. The maximum atomic E-state index is 12.8. The van der Waals surface area contributed by atoms with Crippen molar-refractivity contribution in [3.05, 3.63) is 23.8 Å². The first-order valence-corrected chi connectivity index (χ1v) is 10.6. The average Bonchev–Trinajstić information content (AvgIpc) is 3.25. The second kappa shape index (κ2) is 7.70. The summed E-state index contributed by atoms with van der Waals surface area (Å²) in [6.07, 6.45) is 3.99. The number of aryl methyl sites for hydroxylation is 1. The lowest BCUT2D eigenvalue weighted by Gasteiger charge is -2.31. The molecule has 0 saturated carbocycles. The van der Waals surface area contributed by atoms with Gasteiger partial charge in [-0.15, -0.1) is 0 Å². The first-order chi connectivity index (χ1) is 13.6. The van der Waals surface area contributed by atoms with Gasteiger partial charge in [0.05, 0.1) is 16.3 Å². The molecule has 0 aliphatic carbocycles. The van der Waals surface area contributed by atoms with Gasteiger partial charge in [-0.2, -0.15) is 0 Å². The number of amides is 3. The van der Waals surface area contributed by atoms with Gasteiger partial charge < -0.3 is 10.6 Å². The molecule has 0 spiro atoms. The number of thiazole rings is 1. The van der Waals surface area contributed by atoms with Crippen LogP contribution in [0.2, 0.25) is 0 Å². The lowest BCUT2D eigenvalue weighted by atomic mass is 9.89. The molecule has 3 heterocycles. The van der Waals surface area contributed by atoms with Crippen LogP contribution in [-0.2, 0) is 10.2 Å². The number of nitrogens with zero attached hydrogens (tertiary/aromatic N) is 4. The lowest BCUT2D eigenvalue weighted by molar-refractivity contribution is -0.126. The van der Waals surface area contributed by atoms with E-state index in [-0.39, 0.29) is 11.4 Å². The van der Waals surface area contributed by atoms with E-state index in [0.717, 1.165) is 34.9 Å². The number of nitrogens with two attached hydrogens (primary N) is 1. The van der Waals surface area contributed by atoms with Crippen LogP contribution in [0.15, 0.2) is 12.3 Å². The lowest BCUT2D eigenvalue weighted by Crippen LogP contribution is -2.55. The number of carbonyl (C=O) groups excluding carboxylic acids is 2. The minimum Gasteiger partial charge on any atom is -0.368 e. The van der Waals surface area contributed by atoms with Crippen molar-refractivity contribution in [2.45, 2.75) is 64.8 Å². The number of hydrogen-bond donors (Lipinski definition) is 2. The number of primary amides is 1. The topological polar surface area (TPSA) is 114 Å². The Morgan fingerprint density at radius 1 is 1.38 bits per heavy atom. The van der Waals surface area contributed by atoms with Crippen LogP contribution in [0.5, 0.6) is 0 Å². The summed E-state index contributed by atoms with van der Waals surface area (Å²) in [6.45, 7) is 10.4. The zero-order valence-electron chi connectivity index (χ0n) is 17.6. The standard InChI is InChI=1S/C20H28N6O2S/c1-6-19(3,4)16-22-10-8-13(24-16)14-12(2)23-17(29-14)25-18(28)26-11-7-9-20(26,5)15(21)27/h8,10H,6-7,9,11H2,1-5H3,(H2,21,27)(H,23,25,28)/t20-/m0/s1. The van der Waals surface area contributed by atoms with Gasteiger partial charge in [-0.3, -0.25) is 10.1 Å². The van der Waals surface area contributed by atoms with E-state index in [2.05, 4.69) is 36.1 Å². The van der Waals surface area contributed by atoms with E-state index in [1.54, 1.807) is 13.1 Å². The molecule has 8 nitrogen and oxygen atoms in total. The van der Waals surface area contributed by atoms with Crippen molar-refractivity contribution in [2.75, 3.05) is 11.9 Å². The van der Waals surface area contributed by atoms with Crippen LogP contribution < -0.4 is 11.1 Å². The predicted octanol–water partition coefficient (Wildman–Crippen LogP) is 3.47. The van der Waals surface area contributed by atoms with E-state index in [1.165, 1.54) is 16.2 Å². The molecule has 0 bridgehead atoms. The predicted molar refractivity (Wildman–Crippen MR) is 114 cm³/mol. The molecule has 1 aliphatic rings. The smallest absolute Gasteiger partial charge is 0.324 e. The first kappa shape index (κ1) is 21.2. The van der Waals surface area contributed by atoms with Gasteiger partial charge in [0, 0.05) is 18.2 Å². The summed E-state index contributed by atoms with van der Waals surface area (Å²) in [7, 11) is 0. The highest BCUT2D eigenvalue weighted by atomic mass is 32.1. The van der Waals surface area contributed by atoms with Crippen molar-refractivity contribution in [1.82, 2.24) is 19.9 Å². The summed E-state index contributed by atoms with van der Waals surface area (Å²) in [4.78, 5) is 40.6. The van der Waals surface area contributed by atoms with Gasteiger partial charge in [0.1, 0.15) is 11.4 Å². The van der Waals surface area contributed by atoms with Gasteiger partial charge in [-0.25, -0.2) is 19.7 Å². The van der Waals surface area contributed by atoms with E-state index in [9.17, 15) is 9.59 Å². The molecular weight excluding hydrogens is 388 g/mol. The second-order valence-corrected chi connectivity index (χ2v) is 9.26. The molecule has 2 aromatic heterocycles. The SMILES string of the molecule is CCC(C)(C)c1nccc(-c2sc(NC(=O)N3CCC[C@@]3(C)C(N)=O)nc2C)n1. The third-order valence-corrected chi connectivity index (χ3v) is 6.90. The fraction of sp³-hybridized carbons (Fsp3) is 0.550. The average molecular weight is 417 g/mol. The molecule has 156 valence electrons. The molecule has 3 N–H and O–H groups in total. The Kier molecular flexibility index (Phi) is 5.62. The molecule has 1 aliphatic heterocycles. The number of likely N-dealkylation sites (tertiary alicyclic amines) is 1. The molecule has 29 heavy (non-hydrogen) atoms. The highest BCUT2D eigenvalue weighted by molar-refractivity contribution is 7.19. The number of nitrogens with one attached hydrogen (secondary N) is 1. The van der Waals surface area contributed by atoms with Gasteiger partial charge in [-0.1, -0.05) is 32.1 Å². The van der Waals surface area contributed by atoms with E-state index in [0.29, 0.717) is 18.1 Å². The second-order valence-electron chi connectivity index (χ2n) is 8.26. The number of hydrogen-bond acceptors (Lipinski definition) is 6. The molecule has 0 aromatic carbocycles. The molecule has 0 radical (unpaired) electrons. The molecule has 1 fully saturated rings. The minimum absolute atomic E-state index is 0.124. The first-order valence-electron chi connectivity index (χ1n) is 9.78. The fourth-order valence-electron chi connectivity index (χ4n) is 3.36. The summed E-state index contributed by atoms with van der Waals surface area (Å²) in [5, 5.41) is 3.29. The van der Waals surface area contributed by atoms with Crippen LogP contribution in [0, 0.1) is 6.92 Å². The van der Waals surface area contributed by atoms with Crippen LogP contribution >= 0.6 is 11.3 Å². The monoisotopic (exact) mass is 416 g/mol. The molecule has 9 heteroatoms. The Morgan fingerprint density at radius 2 is 2.10 bits per heavy atom. The van der Waals surface area contributed by atoms with Gasteiger partial charge in [0.25, 0.3) is 0 Å². The van der Waals surface area contributed by atoms with Gasteiger partial charge in [0.2, 0.25) is 5.91 Å². The zero-order chi connectivity index (χ0) is 21.4. The summed E-state index contributed by atoms with van der Waals surface area (Å²) in [5.74, 6) is 0.290. The zero-order valence-corrected chi connectivity index (χ0v) is 18.4. The minimum atomic E-state index is -0.966. The third kappa shape index (κ3) is 3.96. The van der Waals surface area contributed by atoms with Crippen LogP contribution in [0.3, 0.4) is 0 Å². The van der Waals surface area contributed by atoms with E-state index in [4.69, 9.17) is 10.7 Å². The van der Waals surface area contributed by atoms with Crippen LogP contribution in [-0.4, -0.2) is 43.9 Å². The Balaban J connectivity index is 1.84. The third-order valence-electron chi connectivity index (χ3n) is 5.80. The number of anilines is 1. The van der Waals surface area contributed by atoms with Crippen molar-refractivity contribution in [1.29, 1.82) is 0 Å². The van der Waals surface area contributed by atoms with Gasteiger partial charge in [0.15, 0.2) is 5.13 Å². The van der Waals surface area contributed by atoms with Crippen LogP contribution in [0.25, 0.3) is 10.6 Å². The molecular formula is C20H28N6O2S. The quantitative estimate of drug-likeness (QED) is 0.774. The fourth-order valence-corrected chi connectivity index (χ4v) is 4.29. The molecule has 1 atom stereocenters. The molecule has 2 aromatic rings. The van der Waals surface area contributed by atoms with E-state index in [1.807, 2.05) is 13.0 Å². The van der Waals surface area contributed by atoms with Crippen molar-refractivity contribution < 1.29 is 9.59 Å². The highest BCUT2D eigenvalue weighted by Crippen LogP contribution is 2.34. The van der Waals surface area contributed by atoms with Crippen LogP contribution in [0.1, 0.15) is 58.5 Å². The summed E-state index contributed by atoms with van der Waals surface area (Å²) < 4.78 is 0. The Morgan fingerprint density at radius 3 is 2.76 bits per heavy atom. The summed E-state index contributed by atoms with van der Waals surface area (Å²) in [5.41, 5.74) is 6.01. The molecule has 1 saturated heterocycles. The number of carbonyl (C=O) groups is 2. The van der Waals surface area contributed by atoms with Crippen molar-refractivity contribution in [3.8, 4) is 10.6 Å². The number of rotatable bonds is 5. The molecule has 0 unspecified atom stereocenters.